The Balaban J connectivity index is 2.78. The summed E-state index contributed by atoms with van der Waals surface area (Å²) in [7, 11) is 0.0805. The zero-order chi connectivity index (χ0) is 13.1. The van der Waals surface area contributed by atoms with E-state index in [2.05, 4.69) is 0 Å². The Morgan fingerprint density at radius 3 is 2.12 bits per heavy atom. The Kier molecular flexibility index (Phi) is 4.48. The molecule has 0 heterocycles. The number of carbonyl (C=O) groups excluding carboxylic acids is 1. The van der Waals surface area contributed by atoms with Crippen LogP contribution >= 0.6 is 0 Å². The number of hydrogen-bond donors (Lipinski definition) is 0. The van der Waals surface area contributed by atoms with Gasteiger partial charge in [0.15, 0.2) is 5.78 Å². The standard InChI is InChI=1S/C13H20O3Si/c1-13(2,3)12(14)10-6-8-11(9-7-10)16-17(5)15-4/h6-9,17H,1-5H3. The molecular weight excluding hydrogens is 232 g/mol. The van der Waals surface area contributed by atoms with Gasteiger partial charge in [0.25, 0.3) is 0 Å². The van der Waals surface area contributed by atoms with Crippen molar-refractivity contribution in [2.75, 3.05) is 7.11 Å². The van der Waals surface area contributed by atoms with Gasteiger partial charge in [-0.3, -0.25) is 4.79 Å². The molecule has 0 aliphatic carbocycles. The maximum atomic E-state index is 12.0. The van der Waals surface area contributed by atoms with Crippen molar-refractivity contribution in [3.63, 3.8) is 0 Å². The molecule has 0 aliphatic heterocycles. The van der Waals surface area contributed by atoms with Crippen LogP contribution < -0.4 is 4.43 Å². The summed E-state index contributed by atoms with van der Waals surface area (Å²) in [6.45, 7) is 7.70. The first-order chi connectivity index (χ1) is 7.84. The van der Waals surface area contributed by atoms with Crippen LogP contribution in [-0.2, 0) is 4.43 Å². The largest absolute Gasteiger partial charge is 0.522 e. The Labute approximate surface area is 105 Å². The molecule has 0 bridgehead atoms. The van der Waals surface area contributed by atoms with Gasteiger partial charge in [-0.1, -0.05) is 20.8 Å². The molecule has 1 aromatic carbocycles. The van der Waals surface area contributed by atoms with E-state index in [1.807, 2.05) is 39.5 Å². The molecule has 0 saturated carbocycles. The van der Waals surface area contributed by atoms with E-state index in [-0.39, 0.29) is 11.2 Å². The van der Waals surface area contributed by atoms with Crippen LogP contribution in [0.15, 0.2) is 24.3 Å². The van der Waals surface area contributed by atoms with E-state index in [0.29, 0.717) is 0 Å². The number of hydrogen-bond acceptors (Lipinski definition) is 3. The summed E-state index contributed by atoms with van der Waals surface area (Å²) in [6.07, 6.45) is 0. The van der Waals surface area contributed by atoms with Crippen LogP contribution in [0.2, 0.25) is 6.55 Å². The highest BCUT2D eigenvalue weighted by molar-refractivity contribution is 6.43. The molecule has 0 aromatic heterocycles. The van der Waals surface area contributed by atoms with Crippen LogP contribution in [0.3, 0.4) is 0 Å². The van der Waals surface area contributed by atoms with Crippen molar-refractivity contribution in [1.82, 2.24) is 0 Å². The SMILES string of the molecule is CO[SiH](C)Oc1ccc(C(=O)C(C)(C)C)cc1. The van der Waals surface area contributed by atoms with E-state index in [1.165, 1.54) is 0 Å². The zero-order valence-corrected chi connectivity index (χ0v) is 12.3. The molecule has 1 unspecified atom stereocenters. The molecule has 17 heavy (non-hydrogen) atoms. The van der Waals surface area contributed by atoms with E-state index in [9.17, 15) is 4.79 Å². The number of benzene rings is 1. The summed E-state index contributed by atoms with van der Waals surface area (Å²) in [5.41, 5.74) is 0.369. The third kappa shape index (κ3) is 3.98. The monoisotopic (exact) mass is 252 g/mol. The lowest BCUT2D eigenvalue weighted by atomic mass is 9.86. The lowest BCUT2D eigenvalue weighted by molar-refractivity contribution is 0.0858. The lowest BCUT2D eigenvalue weighted by Crippen LogP contribution is -2.21. The zero-order valence-electron chi connectivity index (χ0n) is 11.1. The molecule has 1 rings (SSSR count). The number of Topliss-reactive ketones (excluding diaryl/α,β-unsaturated/α-hetero) is 1. The molecule has 0 radical (unpaired) electrons. The molecule has 3 nitrogen and oxygen atoms in total. The minimum atomic E-state index is -1.57. The highest BCUT2D eigenvalue weighted by atomic mass is 28.3. The second-order valence-corrected chi connectivity index (χ2v) is 6.87. The normalized spacial score (nSPS) is 13.2. The highest BCUT2D eigenvalue weighted by Crippen LogP contribution is 2.22. The molecule has 0 saturated heterocycles. The van der Waals surface area contributed by atoms with Crippen molar-refractivity contribution in [3.05, 3.63) is 29.8 Å². The van der Waals surface area contributed by atoms with Gasteiger partial charge in [-0.25, -0.2) is 0 Å². The van der Waals surface area contributed by atoms with Gasteiger partial charge < -0.3 is 8.85 Å². The summed E-state index contributed by atoms with van der Waals surface area (Å²) >= 11 is 0. The molecule has 0 fully saturated rings. The third-order valence-corrected chi connectivity index (χ3v) is 3.70. The summed E-state index contributed by atoms with van der Waals surface area (Å²) < 4.78 is 10.7. The second-order valence-electron chi connectivity index (χ2n) is 5.02. The van der Waals surface area contributed by atoms with Crippen molar-refractivity contribution in [1.29, 1.82) is 0 Å². The molecule has 4 heteroatoms. The van der Waals surface area contributed by atoms with Gasteiger partial charge in [0.2, 0.25) is 0 Å². The predicted molar refractivity (Wildman–Crippen MR) is 70.9 cm³/mol. The Morgan fingerprint density at radius 1 is 1.18 bits per heavy atom. The molecule has 0 aliphatic rings. The Morgan fingerprint density at radius 2 is 1.71 bits per heavy atom. The fourth-order valence-corrected chi connectivity index (χ4v) is 1.99. The van der Waals surface area contributed by atoms with Gasteiger partial charge in [0, 0.05) is 18.1 Å². The smallest absolute Gasteiger partial charge is 0.378 e. The first-order valence-electron chi connectivity index (χ1n) is 5.69. The van der Waals surface area contributed by atoms with E-state index >= 15 is 0 Å². The molecule has 94 valence electrons. The summed E-state index contributed by atoms with van der Waals surface area (Å²) in [5, 5.41) is 0. The predicted octanol–water partition coefficient (Wildman–Crippen LogP) is 2.79. The molecule has 1 atom stereocenters. The summed E-state index contributed by atoms with van der Waals surface area (Å²) in [4.78, 5) is 12.0. The van der Waals surface area contributed by atoms with E-state index in [4.69, 9.17) is 8.85 Å². The molecule has 0 amide bonds. The second kappa shape index (κ2) is 5.47. The molecule has 0 N–H and O–H groups in total. The van der Waals surface area contributed by atoms with E-state index < -0.39 is 9.28 Å². The number of carbonyl (C=O) groups is 1. The maximum Gasteiger partial charge on any atom is 0.378 e. The van der Waals surface area contributed by atoms with Crippen LogP contribution in [0.5, 0.6) is 5.75 Å². The van der Waals surface area contributed by atoms with Gasteiger partial charge in [0.05, 0.1) is 0 Å². The van der Waals surface area contributed by atoms with Gasteiger partial charge in [0.1, 0.15) is 5.75 Å². The van der Waals surface area contributed by atoms with Crippen LogP contribution in [0.25, 0.3) is 0 Å². The third-order valence-electron chi connectivity index (χ3n) is 2.43. The van der Waals surface area contributed by atoms with Crippen molar-refractivity contribution >= 4 is 15.1 Å². The van der Waals surface area contributed by atoms with Gasteiger partial charge in [-0.05, 0) is 30.8 Å². The summed E-state index contributed by atoms with van der Waals surface area (Å²) in [5.74, 6) is 0.901. The van der Waals surface area contributed by atoms with E-state index in [0.717, 1.165) is 11.3 Å². The van der Waals surface area contributed by atoms with E-state index in [1.54, 1.807) is 19.2 Å². The first kappa shape index (κ1) is 13.9. The first-order valence-corrected chi connectivity index (χ1v) is 7.78. The van der Waals surface area contributed by atoms with Gasteiger partial charge in [-0.15, -0.1) is 0 Å². The quantitative estimate of drug-likeness (QED) is 0.610. The van der Waals surface area contributed by atoms with Gasteiger partial charge in [-0.2, -0.15) is 0 Å². The minimum Gasteiger partial charge on any atom is -0.522 e. The maximum absolute atomic E-state index is 12.0. The Bertz CT molecular complexity index is 379. The number of rotatable bonds is 4. The molecule has 0 spiro atoms. The van der Waals surface area contributed by atoms with Crippen LogP contribution in [0.1, 0.15) is 31.1 Å². The lowest BCUT2D eigenvalue weighted by Gasteiger charge is -2.17. The van der Waals surface area contributed by atoms with Crippen molar-refractivity contribution in [3.8, 4) is 5.75 Å². The topological polar surface area (TPSA) is 35.5 Å². The van der Waals surface area contributed by atoms with Crippen LogP contribution in [0, 0.1) is 5.41 Å². The number of ketones is 1. The minimum absolute atomic E-state index is 0.140. The van der Waals surface area contributed by atoms with Crippen molar-refractivity contribution < 1.29 is 13.6 Å². The molecular formula is C13H20O3Si. The summed E-state index contributed by atoms with van der Waals surface area (Å²) in [6, 6.07) is 7.25. The molecule has 1 aromatic rings. The van der Waals surface area contributed by atoms with Gasteiger partial charge >= 0.3 is 9.28 Å². The Hall–Kier alpha value is -1.13. The average molecular weight is 252 g/mol. The van der Waals surface area contributed by atoms with Crippen LogP contribution in [0.4, 0.5) is 0 Å². The van der Waals surface area contributed by atoms with Crippen molar-refractivity contribution in [2.24, 2.45) is 5.41 Å². The highest BCUT2D eigenvalue weighted by Gasteiger charge is 2.22. The van der Waals surface area contributed by atoms with Crippen LogP contribution in [-0.4, -0.2) is 22.2 Å². The average Bonchev–Trinajstić information content (AvgIpc) is 2.27. The fourth-order valence-electron chi connectivity index (χ4n) is 1.36. The van der Waals surface area contributed by atoms with Crippen molar-refractivity contribution in [2.45, 2.75) is 27.3 Å². The fraction of sp³-hybridized carbons (Fsp3) is 0.462.